The smallest absolute Gasteiger partial charge is 0.305 e. The summed E-state index contributed by atoms with van der Waals surface area (Å²) in [7, 11) is 1.59. The van der Waals surface area contributed by atoms with Crippen molar-refractivity contribution in [2.45, 2.75) is 0 Å². The number of benzene rings is 1. The monoisotopic (exact) mass is 207 g/mol. The number of hydrogen-bond acceptors (Lipinski definition) is 6. The third kappa shape index (κ3) is 1.98. The predicted octanol–water partition coefficient (Wildman–Crippen LogP) is 1.45. The number of aromatic nitrogens is 2. The summed E-state index contributed by atoms with van der Waals surface area (Å²) in [6, 6.07) is 6.98. The van der Waals surface area contributed by atoms with Crippen molar-refractivity contribution in [2.75, 3.05) is 12.8 Å². The second kappa shape index (κ2) is 3.87. The molecule has 0 radical (unpaired) electrons. The highest BCUT2D eigenvalue weighted by Crippen LogP contribution is 2.25. The Kier molecular flexibility index (Phi) is 2.40. The van der Waals surface area contributed by atoms with E-state index in [0.717, 1.165) is 5.75 Å². The van der Waals surface area contributed by atoms with Crippen LogP contribution in [0.25, 0.3) is 0 Å². The van der Waals surface area contributed by atoms with Gasteiger partial charge < -0.3 is 15.2 Å². The predicted molar refractivity (Wildman–Crippen MR) is 51.8 cm³/mol. The second-order valence-corrected chi connectivity index (χ2v) is 2.73. The largest absolute Gasteiger partial charge is 0.497 e. The molecule has 0 spiro atoms. The van der Waals surface area contributed by atoms with Crippen LogP contribution in [0.5, 0.6) is 17.4 Å². The quantitative estimate of drug-likeness (QED) is 0.820. The molecule has 2 rings (SSSR count). The Balaban J connectivity index is 2.14. The van der Waals surface area contributed by atoms with E-state index in [1.54, 1.807) is 31.4 Å². The minimum atomic E-state index is 0.116. The van der Waals surface area contributed by atoms with Crippen molar-refractivity contribution in [1.29, 1.82) is 0 Å². The molecule has 78 valence electrons. The van der Waals surface area contributed by atoms with Gasteiger partial charge in [-0.2, -0.15) is 0 Å². The van der Waals surface area contributed by atoms with Crippen LogP contribution in [0.15, 0.2) is 28.9 Å². The molecule has 2 N–H and O–H groups in total. The van der Waals surface area contributed by atoms with E-state index < -0.39 is 0 Å². The molecule has 2 aromatic rings. The molecule has 1 heterocycles. The van der Waals surface area contributed by atoms with Crippen molar-refractivity contribution < 1.29 is 14.1 Å². The number of hydrogen-bond donors (Lipinski definition) is 1. The first-order valence-corrected chi connectivity index (χ1v) is 4.19. The zero-order valence-electron chi connectivity index (χ0n) is 8.01. The van der Waals surface area contributed by atoms with Crippen LogP contribution in [0.1, 0.15) is 0 Å². The maximum absolute atomic E-state index is 5.43. The Bertz CT molecular complexity index is 438. The highest BCUT2D eigenvalue weighted by molar-refractivity contribution is 5.41. The molecule has 1 aromatic heterocycles. The SMILES string of the molecule is COc1ccc(Oc2nonc2N)cc1. The van der Waals surface area contributed by atoms with E-state index in [9.17, 15) is 0 Å². The van der Waals surface area contributed by atoms with Gasteiger partial charge >= 0.3 is 5.88 Å². The fraction of sp³-hybridized carbons (Fsp3) is 0.111. The molecule has 0 aliphatic heterocycles. The van der Waals surface area contributed by atoms with Crippen molar-refractivity contribution in [2.24, 2.45) is 0 Å². The lowest BCUT2D eigenvalue weighted by molar-refractivity contribution is 0.290. The minimum absolute atomic E-state index is 0.116. The lowest BCUT2D eigenvalue weighted by Crippen LogP contribution is -1.91. The number of nitrogens with zero attached hydrogens (tertiary/aromatic N) is 2. The molecule has 0 aliphatic carbocycles. The first kappa shape index (κ1) is 9.32. The molecule has 0 saturated carbocycles. The molecule has 0 saturated heterocycles. The Morgan fingerprint density at radius 3 is 2.33 bits per heavy atom. The highest BCUT2D eigenvalue weighted by atomic mass is 16.6. The van der Waals surface area contributed by atoms with Gasteiger partial charge in [-0.1, -0.05) is 0 Å². The van der Waals surface area contributed by atoms with Gasteiger partial charge in [0, 0.05) is 0 Å². The summed E-state index contributed by atoms with van der Waals surface area (Å²) in [4.78, 5) is 0. The molecule has 0 aliphatic rings. The van der Waals surface area contributed by atoms with Gasteiger partial charge in [0.1, 0.15) is 11.5 Å². The number of nitrogen functional groups attached to an aromatic ring is 1. The van der Waals surface area contributed by atoms with Crippen molar-refractivity contribution in [3.63, 3.8) is 0 Å². The van der Waals surface area contributed by atoms with Crippen LogP contribution in [0, 0.1) is 0 Å². The van der Waals surface area contributed by atoms with Gasteiger partial charge in [-0.15, -0.1) is 0 Å². The van der Waals surface area contributed by atoms with E-state index in [-0.39, 0.29) is 11.7 Å². The number of nitrogens with two attached hydrogens (primary N) is 1. The van der Waals surface area contributed by atoms with E-state index in [0.29, 0.717) is 5.75 Å². The molecule has 0 unspecified atom stereocenters. The summed E-state index contributed by atoms with van der Waals surface area (Å²) in [5.41, 5.74) is 5.43. The molecular weight excluding hydrogens is 198 g/mol. The minimum Gasteiger partial charge on any atom is -0.497 e. The van der Waals surface area contributed by atoms with Gasteiger partial charge in [-0.3, -0.25) is 0 Å². The number of methoxy groups -OCH3 is 1. The van der Waals surface area contributed by atoms with Crippen LogP contribution >= 0.6 is 0 Å². The highest BCUT2D eigenvalue weighted by Gasteiger charge is 2.08. The second-order valence-electron chi connectivity index (χ2n) is 2.73. The topological polar surface area (TPSA) is 83.4 Å². The van der Waals surface area contributed by atoms with Crippen molar-refractivity contribution >= 4 is 5.82 Å². The number of ether oxygens (including phenoxy) is 2. The molecule has 0 atom stereocenters. The van der Waals surface area contributed by atoms with E-state index in [4.69, 9.17) is 15.2 Å². The molecular formula is C9H9N3O3. The Hall–Kier alpha value is -2.24. The van der Waals surface area contributed by atoms with Crippen LogP contribution < -0.4 is 15.2 Å². The van der Waals surface area contributed by atoms with E-state index >= 15 is 0 Å². The molecule has 6 heteroatoms. The first-order chi connectivity index (χ1) is 7.29. The summed E-state index contributed by atoms with van der Waals surface area (Å²) in [6.07, 6.45) is 0. The summed E-state index contributed by atoms with van der Waals surface area (Å²) in [5, 5.41) is 6.88. The average molecular weight is 207 g/mol. The third-order valence-electron chi connectivity index (χ3n) is 1.76. The summed E-state index contributed by atoms with van der Waals surface area (Å²) in [5.74, 6) is 1.60. The van der Waals surface area contributed by atoms with E-state index in [2.05, 4.69) is 14.9 Å². The van der Waals surface area contributed by atoms with E-state index in [1.165, 1.54) is 0 Å². The standard InChI is InChI=1S/C9H9N3O3/c1-13-6-2-4-7(5-3-6)14-9-8(10)11-15-12-9/h2-5H,1H3,(H2,10,11). The number of anilines is 1. The lowest BCUT2D eigenvalue weighted by atomic mass is 10.3. The molecule has 6 nitrogen and oxygen atoms in total. The Labute approximate surface area is 85.6 Å². The van der Waals surface area contributed by atoms with Crippen LogP contribution in [0.4, 0.5) is 5.82 Å². The van der Waals surface area contributed by atoms with Gasteiger partial charge in [0.05, 0.1) is 7.11 Å². The third-order valence-corrected chi connectivity index (χ3v) is 1.76. The van der Waals surface area contributed by atoms with Gasteiger partial charge in [0.2, 0.25) is 5.82 Å². The van der Waals surface area contributed by atoms with Gasteiger partial charge in [0.25, 0.3) is 0 Å². The number of rotatable bonds is 3. The van der Waals surface area contributed by atoms with Crippen LogP contribution in [-0.4, -0.2) is 17.4 Å². The fourth-order valence-electron chi connectivity index (χ4n) is 1.01. The summed E-state index contributed by atoms with van der Waals surface area (Å²) in [6.45, 7) is 0. The molecule has 15 heavy (non-hydrogen) atoms. The Morgan fingerprint density at radius 1 is 1.13 bits per heavy atom. The first-order valence-electron chi connectivity index (χ1n) is 4.19. The Morgan fingerprint density at radius 2 is 1.80 bits per heavy atom. The summed E-state index contributed by atoms with van der Waals surface area (Å²) >= 11 is 0. The molecule has 0 amide bonds. The van der Waals surface area contributed by atoms with Crippen molar-refractivity contribution in [3.8, 4) is 17.4 Å². The maximum atomic E-state index is 5.43. The zero-order valence-corrected chi connectivity index (χ0v) is 8.01. The molecule has 1 aromatic carbocycles. The van der Waals surface area contributed by atoms with E-state index in [1.807, 2.05) is 0 Å². The normalized spacial score (nSPS) is 9.93. The van der Waals surface area contributed by atoms with Gasteiger partial charge in [-0.25, -0.2) is 4.63 Å². The van der Waals surface area contributed by atoms with Crippen molar-refractivity contribution in [3.05, 3.63) is 24.3 Å². The van der Waals surface area contributed by atoms with Crippen LogP contribution in [-0.2, 0) is 0 Å². The summed E-state index contributed by atoms with van der Waals surface area (Å²) < 4.78 is 14.7. The molecule has 0 bridgehead atoms. The van der Waals surface area contributed by atoms with Gasteiger partial charge in [-0.05, 0) is 34.6 Å². The maximum Gasteiger partial charge on any atom is 0.305 e. The fourth-order valence-corrected chi connectivity index (χ4v) is 1.01. The van der Waals surface area contributed by atoms with Crippen LogP contribution in [0.3, 0.4) is 0 Å². The van der Waals surface area contributed by atoms with Gasteiger partial charge in [0.15, 0.2) is 0 Å². The average Bonchev–Trinajstić information content (AvgIpc) is 2.66. The lowest BCUT2D eigenvalue weighted by Gasteiger charge is -2.02. The van der Waals surface area contributed by atoms with Crippen LogP contribution in [0.2, 0.25) is 0 Å². The van der Waals surface area contributed by atoms with Crippen molar-refractivity contribution in [1.82, 2.24) is 10.3 Å². The zero-order chi connectivity index (χ0) is 10.7. The molecule has 0 fully saturated rings.